The zero-order valence-corrected chi connectivity index (χ0v) is 7.32. The third-order valence-electron chi connectivity index (χ3n) is 2.19. The first kappa shape index (κ1) is 7.68. The minimum atomic E-state index is 1.01. The van der Waals surface area contributed by atoms with E-state index in [1.54, 1.807) is 6.33 Å². The molecule has 2 rings (SSSR count). The third-order valence-corrected chi connectivity index (χ3v) is 2.19. The van der Waals surface area contributed by atoms with Gasteiger partial charge in [0.15, 0.2) is 0 Å². The molecule has 12 heavy (non-hydrogen) atoms. The van der Waals surface area contributed by atoms with Crippen molar-refractivity contribution >= 4 is 0 Å². The van der Waals surface area contributed by atoms with Crippen LogP contribution in [0.2, 0.25) is 0 Å². The molecule has 0 fully saturated rings. The summed E-state index contributed by atoms with van der Waals surface area (Å²) in [5.41, 5.74) is 2.50. The molecule has 3 heteroatoms. The van der Waals surface area contributed by atoms with Gasteiger partial charge >= 0.3 is 0 Å². The molecule has 0 aliphatic carbocycles. The monoisotopic (exact) mass is 163 g/mol. The molecule has 0 saturated carbocycles. The molecule has 1 aliphatic heterocycles. The third kappa shape index (κ3) is 1.32. The average Bonchev–Trinajstić information content (AvgIpc) is 2.47. The van der Waals surface area contributed by atoms with E-state index in [0.29, 0.717) is 0 Å². The van der Waals surface area contributed by atoms with Crippen molar-refractivity contribution in [3.05, 3.63) is 23.8 Å². The second-order valence-corrected chi connectivity index (χ2v) is 3.21. The quantitative estimate of drug-likeness (QED) is 0.656. The maximum atomic E-state index is 4.24. The molecular formula is C9H13N3. The predicted molar refractivity (Wildman–Crippen MR) is 46.4 cm³/mol. The van der Waals surface area contributed by atoms with E-state index in [9.17, 15) is 0 Å². The van der Waals surface area contributed by atoms with Gasteiger partial charge in [-0.2, -0.15) is 0 Å². The lowest BCUT2D eigenvalue weighted by molar-refractivity contribution is 0.283. The Hall–Kier alpha value is -0.960. The first-order chi connectivity index (χ1) is 5.90. The standard InChI is InChI=1S/C9H13N3/c1-2-3-12-5-8-4-10-7-11-9(8)6-12/h4,7H,2-3,5-6H2,1H3. The normalized spacial score (nSPS) is 16.4. The van der Waals surface area contributed by atoms with E-state index in [2.05, 4.69) is 21.8 Å². The van der Waals surface area contributed by atoms with Crippen LogP contribution in [0.4, 0.5) is 0 Å². The summed E-state index contributed by atoms with van der Waals surface area (Å²) < 4.78 is 0. The molecule has 3 nitrogen and oxygen atoms in total. The Kier molecular flexibility index (Phi) is 2.04. The van der Waals surface area contributed by atoms with Crippen molar-refractivity contribution in [1.29, 1.82) is 0 Å². The number of hydrogen-bond donors (Lipinski definition) is 0. The Bertz CT molecular complexity index is 247. The molecule has 0 N–H and O–H groups in total. The number of fused-ring (bicyclic) bond motifs is 1. The first-order valence-electron chi connectivity index (χ1n) is 4.40. The van der Waals surface area contributed by atoms with Gasteiger partial charge in [0.25, 0.3) is 0 Å². The summed E-state index contributed by atoms with van der Waals surface area (Å²) in [6.45, 7) is 5.40. The molecule has 64 valence electrons. The van der Waals surface area contributed by atoms with E-state index < -0.39 is 0 Å². The van der Waals surface area contributed by atoms with Gasteiger partial charge < -0.3 is 0 Å². The van der Waals surface area contributed by atoms with Crippen LogP contribution in [0, 0.1) is 0 Å². The second kappa shape index (κ2) is 3.19. The smallest absolute Gasteiger partial charge is 0.115 e. The SMILES string of the molecule is CCCN1Cc2cncnc2C1. The lowest BCUT2D eigenvalue weighted by Gasteiger charge is -2.11. The van der Waals surface area contributed by atoms with E-state index in [4.69, 9.17) is 0 Å². The fraction of sp³-hybridized carbons (Fsp3) is 0.556. The van der Waals surface area contributed by atoms with Crippen molar-refractivity contribution in [2.45, 2.75) is 26.4 Å². The number of aromatic nitrogens is 2. The lowest BCUT2D eigenvalue weighted by atomic mass is 10.3. The largest absolute Gasteiger partial charge is 0.293 e. The zero-order valence-electron chi connectivity index (χ0n) is 7.32. The fourth-order valence-electron chi connectivity index (χ4n) is 1.64. The molecule has 2 heterocycles. The maximum absolute atomic E-state index is 4.24. The maximum Gasteiger partial charge on any atom is 0.115 e. The van der Waals surface area contributed by atoms with Gasteiger partial charge in [-0.25, -0.2) is 9.97 Å². The highest BCUT2D eigenvalue weighted by atomic mass is 15.2. The highest BCUT2D eigenvalue weighted by Crippen LogP contribution is 2.18. The van der Waals surface area contributed by atoms with Crippen molar-refractivity contribution < 1.29 is 0 Å². The zero-order chi connectivity index (χ0) is 8.39. The van der Waals surface area contributed by atoms with Crippen molar-refractivity contribution in [3.8, 4) is 0 Å². The van der Waals surface area contributed by atoms with Crippen LogP contribution in [0.3, 0.4) is 0 Å². The van der Waals surface area contributed by atoms with Crippen LogP contribution < -0.4 is 0 Å². The Morgan fingerprint density at radius 3 is 3.17 bits per heavy atom. The van der Waals surface area contributed by atoms with E-state index in [1.807, 2.05) is 6.20 Å². The summed E-state index contributed by atoms with van der Waals surface area (Å²) >= 11 is 0. The van der Waals surface area contributed by atoms with Crippen molar-refractivity contribution in [3.63, 3.8) is 0 Å². The van der Waals surface area contributed by atoms with Crippen LogP contribution in [-0.4, -0.2) is 21.4 Å². The number of hydrogen-bond acceptors (Lipinski definition) is 3. The van der Waals surface area contributed by atoms with Gasteiger partial charge in [-0.05, 0) is 13.0 Å². The molecule has 0 amide bonds. The Labute approximate surface area is 72.4 Å². The summed E-state index contributed by atoms with van der Waals surface area (Å²) in [6.07, 6.45) is 4.77. The second-order valence-electron chi connectivity index (χ2n) is 3.21. The topological polar surface area (TPSA) is 29.0 Å². The molecule has 1 aromatic heterocycles. The van der Waals surface area contributed by atoms with Crippen molar-refractivity contribution in [2.24, 2.45) is 0 Å². The minimum absolute atomic E-state index is 1.01. The Balaban J connectivity index is 2.11. The molecule has 1 aliphatic rings. The fourth-order valence-corrected chi connectivity index (χ4v) is 1.64. The van der Waals surface area contributed by atoms with Crippen LogP contribution in [0.1, 0.15) is 24.6 Å². The summed E-state index contributed by atoms with van der Waals surface area (Å²) in [5, 5.41) is 0. The molecule has 0 spiro atoms. The first-order valence-corrected chi connectivity index (χ1v) is 4.40. The van der Waals surface area contributed by atoms with Crippen LogP contribution in [0.25, 0.3) is 0 Å². The minimum Gasteiger partial charge on any atom is -0.293 e. The summed E-state index contributed by atoms with van der Waals surface area (Å²) in [6, 6.07) is 0. The van der Waals surface area contributed by atoms with E-state index in [0.717, 1.165) is 19.6 Å². The van der Waals surface area contributed by atoms with Gasteiger partial charge in [-0.1, -0.05) is 6.92 Å². The molecule has 0 unspecified atom stereocenters. The molecular weight excluding hydrogens is 150 g/mol. The average molecular weight is 163 g/mol. The predicted octanol–water partition coefficient (Wildman–Crippen LogP) is 1.20. The Morgan fingerprint density at radius 2 is 2.42 bits per heavy atom. The highest BCUT2D eigenvalue weighted by molar-refractivity contribution is 5.19. The van der Waals surface area contributed by atoms with Gasteiger partial charge in [0, 0.05) is 24.8 Å². The van der Waals surface area contributed by atoms with Gasteiger partial charge in [0.2, 0.25) is 0 Å². The summed E-state index contributed by atoms with van der Waals surface area (Å²) in [4.78, 5) is 10.7. The van der Waals surface area contributed by atoms with Crippen molar-refractivity contribution in [2.75, 3.05) is 6.54 Å². The molecule has 0 saturated heterocycles. The summed E-state index contributed by atoms with van der Waals surface area (Å²) in [7, 11) is 0. The van der Waals surface area contributed by atoms with Gasteiger partial charge in [0.1, 0.15) is 6.33 Å². The van der Waals surface area contributed by atoms with Gasteiger partial charge in [-0.15, -0.1) is 0 Å². The molecule has 0 atom stereocenters. The molecule has 0 aromatic carbocycles. The molecule has 1 aromatic rings. The van der Waals surface area contributed by atoms with Crippen LogP contribution in [0.15, 0.2) is 12.5 Å². The van der Waals surface area contributed by atoms with Crippen molar-refractivity contribution in [1.82, 2.24) is 14.9 Å². The summed E-state index contributed by atoms with van der Waals surface area (Å²) in [5.74, 6) is 0. The molecule has 0 radical (unpaired) electrons. The lowest BCUT2D eigenvalue weighted by Crippen LogP contribution is -2.16. The van der Waals surface area contributed by atoms with Gasteiger partial charge in [0.05, 0.1) is 5.69 Å². The number of nitrogens with zero attached hydrogens (tertiary/aromatic N) is 3. The molecule has 0 bridgehead atoms. The van der Waals surface area contributed by atoms with Crippen LogP contribution >= 0.6 is 0 Å². The van der Waals surface area contributed by atoms with E-state index in [-0.39, 0.29) is 0 Å². The van der Waals surface area contributed by atoms with E-state index >= 15 is 0 Å². The van der Waals surface area contributed by atoms with E-state index in [1.165, 1.54) is 17.7 Å². The number of rotatable bonds is 2. The van der Waals surface area contributed by atoms with Crippen LogP contribution in [-0.2, 0) is 13.1 Å². The highest BCUT2D eigenvalue weighted by Gasteiger charge is 2.18. The van der Waals surface area contributed by atoms with Gasteiger partial charge in [-0.3, -0.25) is 4.90 Å². The Morgan fingerprint density at radius 1 is 1.50 bits per heavy atom. The van der Waals surface area contributed by atoms with Crippen LogP contribution in [0.5, 0.6) is 0 Å².